The number of hydrogen-bond donors (Lipinski definition) is 0. The van der Waals surface area contributed by atoms with Gasteiger partial charge in [-0.05, 0) is 19.9 Å². The number of nitro groups is 1. The van der Waals surface area contributed by atoms with Crippen LogP contribution >= 0.6 is 11.3 Å². The van der Waals surface area contributed by atoms with Gasteiger partial charge in [0.05, 0.1) is 22.5 Å². The molecule has 1 aromatic carbocycles. The molecule has 0 N–H and O–H groups in total. The second-order valence-electron chi connectivity index (χ2n) is 4.07. The van der Waals surface area contributed by atoms with E-state index in [9.17, 15) is 19.3 Å². The molecule has 0 bridgehead atoms. The Balaban J connectivity index is 2.24. The van der Waals surface area contributed by atoms with Crippen LogP contribution in [0.4, 0.5) is 10.1 Å². The van der Waals surface area contributed by atoms with Crippen LogP contribution in [0.3, 0.4) is 0 Å². The molecule has 0 fully saturated rings. The van der Waals surface area contributed by atoms with E-state index in [4.69, 9.17) is 9.47 Å². The van der Waals surface area contributed by atoms with Gasteiger partial charge >= 0.3 is 5.97 Å². The summed E-state index contributed by atoms with van der Waals surface area (Å²) in [6.07, 6.45) is 0. The summed E-state index contributed by atoms with van der Waals surface area (Å²) < 4.78 is 23.9. The smallest absolute Gasteiger partial charge is 0.367 e. The number of thiazole rings is 1. The van der Waals surface area contributed by atoms with Gasteiger partial charge < -0.3 is 9.47 Å². The van der Waals surface area contributed by atoms with E-state index in [0.29, 0.717) is 4.88 Å². The molecule has 0 atom stereocenters. The number of hydrogen-bond acceptors (Lipinski definition) is 7. The fourth-order valence-electron chi connectivity index (χ4n) is 1.55. The first-order valence-electron chi connectivity index (χ1n) is 6.18. The van der Waals surface area contributed by atoms with Crippen LogP contribution in [0.5, 0.6) is 11.6 Å². The number of ether oxygens (including phenoxy) is 2. The molecule has 1 aromatic heterocycles. The zero-order valence-corrected chi connectivity index (χ0v) is 12.5. The van der Waals surface area contributed by atoms with Crippen molar-refractivity contribution in [1.82, 2.24) is 4.98 Å². The second kappa shape index (κ2) is 6.48. The normalized spacial score (nSPS) is 10.3. The Bertz CT molecular complexity index is 731. The lowest BCUT2D eigenvalue weighted by molar-refractivity contribution is -0.385. The van der Waals surface area contributed by atoms with E-state index in [-0.39, 0.29) is 28.9 Å². The molecule has 7 nitrogen and oxygen atoms in total. The lowest BCUT2D eigenvalue weighted by atomic mass is 10.3. The number of non-ortho nitro benzene ring substituents is 1. The largest absolute Gasteiger partial charge is 0.461 e. The van der Waals surface area contributed by atoms with Crippen molar-refractivity contribution in [2.45, 2.75) is 13.8 Å². The SMILES string of the molecule is CCOC(=O)c1nc(Oc2ccc([N+](=O)[O-])cc2F)c(C)s1. The van der Waals surface area contributed by atoms with Gasteiger partial charge in [-0.3, -0.25) is 10.1 Å². The first-order valence-corrected chi connectivity index (χ1v) is 7.00. The Morgan fingerprint density at radius 2 is 2.23 bits per heavy atom. The molecule has 116 valence electrons. The third-order valence-corrected chi connectivity index (χ3v) is 3.47. The number of nitrogens with zero attached hydrogens (tertiary/aromatic N) is 2. The van der Waals surface area contributed by atoms with Crippen LogP contribution in [-0.4, -0.2) is 22.5 Å². The molecular formula is C13H11FN2O5S. The highest BCUT2D eigenvalue weighted by atomic mass is 32.1. The monoisotopic (exact) mass is 326 g/mol. The van der Waals surface area contributed by atoms with E-state index in [0.717, 1.165) is 29.5 Å². The molecule has 0 aliphatic heterocycles. The minimum atomic E-state index is -0.890. The number of aromatic nitrogens is 1. The van der Waals surface area contributed by atoms with Gasteiger partial charge in [0.25, 0.3) is 5.69 Å². The minimum Gasteiger partial charge on any atom is -0.461 e. The predicted octanol–water partition coefficient (Wildman–Crippen LogP) is 3.47. The Morgan fingerprint density at radius 1 is 1.50 bits per heavy atom. The summed E-state index contributed by atoms with van der Waals surface area (Å²) >= 11 is 1.05. The summed E-state index contributed by atoms with van der Waals surface area (Å²) in [5.74, 6) is -1.64. The summed E-state index contributed by atoms with van der Waals surface area (Å²) in [5.41, 5.74) is -0.382. The predicted molar refractivity (Wildman–Crippen MR) is 75.9 cm³/mol. The maximum Gasteiger partial charge on any atom is 0.367 e. The molecule has 1 heterocycles. The fraction of sp³-hybridized carbons (Fsp3) is 0.231. The highest BCUT2D eigenvalue weighted by Crippen LogP contribution is 2.31. The summed E-state index contributed by atoms with van der Waals surface area (Å²) in [6.45, 7) is 3.53. The van der Waals surface area contributed by atoms with E-state index in [2.05, 4.69) is 4.98 Å². The van der Waals surface area contributed by atoms with Gasteiger partial charge in [0, 0.05) is 6.07 Å². The standard InChI is InChI=1S/C13H11FN2O5S/c1-3-20-13(17)12-15-11(7(2)22-12)21-10-5-4-8(16(18)19)6-9(10)14/h4-6H,3H2,1-2H3. The van der Waals surface area contributed by atoms with Crippen LogP contribution < -0.4 is 4.74 Å². The van der Waals surface area contributed by atoms with Gasteiger partial charge in [-0.15, -0.1) is 11.3 Å². The van der Waals surface area contributed by atoms with Crippen molar-refractivity contribution in [1.29, 1.82) is 0 Å². The molecule has 0 spiro atoms. The van der Waals surface area contributed by atoms with E-state index in [1.54, 1.807) is 13.8 Å². The summed E-state index contributed by atoms with van der Waals surface area (Å²) in [7, 11) is 0. The number of carbonyl (C=O) groups is 1. The van der Waals surface area contributed by atoms with Crippen LogP contribution in [0.15, 0.2) is 18.2 Å². The number of carbonyl (C=O) groups excluding carboxylic acids is 1. The second-order valence-corrected chi connectivity index (χ2v) is 5.28. The molecule has 9 heteroatoms. The average Bonchev–Trinajstić information content (AvgIpc) is 2.82. The Kier molecular flexibility index (Phi) is 4.66. The van der Waals surface area contributed by atoms with Crippen molar-refractivity contribution in [3.05, 3.63) is 44.0 Å². The summed E-state index contributed by atoms with van der Waals surface area (Å²) in [6, 6.07) is 3.01. The molecule has 0 saturated heterocycles. The van der Waals surface area contributed by atoms with Crippen LogP contribution in [0, 0.1) is 22.9 Å². The zero-order chi connectivity index (χ0) is 16.3. The fourth-order valence-corrected chi connectivity index (χ4v) is 2.28. The summed E-state index contributed by atoms with van der Waals surface area (Å²) in [5, 5.41) is 10.6. The Morgan fingerprint density at radius 3 is 2.82 bits per heavy atom. The van der Waals surface area contributed by atoms with E-state index in [1.807, 2.05) is 0 Å². The molecule has 0 aliphatic carbocycles. The van der Waals surface area contributed by atoms with Gasteiger partial charge in [-0.25, -0.2) is 9.18 Å². The molecule has 0 amide bonds. The number of esters is 1. The number of nitro benzene ring substituents is 1. The molecular weight excluding hydrogens is 315 g/mol. The zero-order valence-electron chi connectivity index (χ0n) is 11.7. The lowest BCUT2D eigenvalue weighted by Gasteiger charge is -2.04. The van der Waals surface area contributed by atoms with Crippen LogP contribution in [0.2, 0.25) is 0 Å². The molecule has 0 radical (unpaired) electrons. The average molecular weight is 326 g/mol. The van der Waals surface area contributed by atoms with Crippen molar-refractivity contribution in [2.75, 3.05) is 6.61 Å². The number of rotatable bonds is 5. The van der Waals surface area contributed by atoms with Gasteiger partial charge in [0.2, 0.25) is 10.9 Å². The minimum absolute atomic E-state index is 0.0563. The third kappa shape index (κ3) is 3.37. The number of halogens is 1. The van der Waals surface area contributed by atoms with Gasteiger partial charge in [0.15, 0.2) is 11.6 Å². The van der Waals surface area contributed by atoms with E-state index in [1.165, 1.54) is 0 Å². The van der Waals surface area contributed by atoms with Gasteiger partial charge in [-0.1, -0.05) is 0 Å². The van der Waals surface area contributed by atoms with Gasteiger partial charge in [-0.2, -0.15) is 4.98 Å². The van der Waals surface area contributed by atoms with Gasteiger partial charge in [0.1, 0.15) is 0 Å². The summed E-state index contributed by atoms with van der Waals surface area (Å²) in [4.78, 5) is 25.9. The lowest BCUT2D eigenvalue weighted by Crippen LogP contribution is -2.03. The first kappa shape index (κ1) is 15.8. The molecule has 2 aromatic rings. The van der Waals surface area contributed by atoms with Crippen molar-refractivity contribution in [3.8, 4) is 11.6 Å². The molecule has 0 saturated carbocycles. The van der Waals surface area contributed by atoms with Crippen molar-refractivity contribution < 1.29 is 23.6 Å². The number of aryl methyl sites for hydroxylation is 1. The van der Waals surface area contributed by atoms with Crippen LogP contribution in [0.25, 0.3) is 0 Å². The Labute approximate surface area is 128 Å². The molecule has 0 aliphatic rings. The highest BCUT2D eigenvalue weighted by molar-refractivity contribution is 7.13. The van der Waals surface area contributed by atoms with Crippen molar-refractivity contribution >= 4 is 23.0 Å². The van der Waals surface area contributed by atoms with Crippen LogP contribution in [0.1, 0.15) is 21.6 Å². The molecule has 22 heavy (non-hydrogen) atoms. The third-order valence-electron chi connectivity index (χ3n) is 2.54. The number of benzene rings is 1. The highest BCUT2D eigenvalue weighted by Gasteiger charge is 2.19. The van der Waals surface area contributed by atoms with Crippen LogP contribution in [-0.2, 0) is 4.74 Å². The first-order chi connectivity index (χ1) is 10.4. The molecule has 2 rings (SSSR count). The van der Waals surface area contributed by atoms with Crippen molar-refractivity contribution in [3.63, 3.8) is 0 Å². The Hall–Kier alpha value is -2.55. The van der Waals surface area contributed by atoms with E-state index >= 15 is 0 Å². The van der Waals surface area contributed by atoms with Crippen molar-refractivity contribution in [2.24, 2.45) is 0 Å². The molecule has 0 unspecified atom stereocenters. The maximum atomic E-state index is 13.8. The van der Waals surface area contributed by atoms with E-state index < -0.39 is 16.7 Å². The topological polar surface area (TPSA) is 91.6 Å². The maximum absolute atomic E-state index is 13.8. The quantitative estimate of drug-likeness (QED) is 0.474.